The molecule has 0 unspecified atom stereocenters. The molecule has 0 fully saturated rings. The van der Waals surface area contributed by atoms with Crippen molar-refractivity contribution in [3.05, 3.63) is 89.5 Å². The summed E-state index contributed by atoms with van der Waals surface area (Å²) < 4.78 is 56.0. The standard InChI is InChI=1S/C25H20F4N4O2/c1-2-22-31-20-5-3-4-6-21(20)33(22)14-23(34)32-19-12-11-17(13-18(19)25(27,28)29)30-24(35)15-7-9-16(26)10-8-15/h3-13H,2,14H2,1H3,(H,30,35)(H,32,34). The van der Waals surface area contributed by atoms with E-state index in [9.17, 15) is 27.2 Å². The average molecular weight is 484 g/mol. The summed E-state index contributed by atoms with van der Waals surface area (Å²) in [7, 11) is 0. The number of hydrogen-bond donors (Lipinski definition) is 2. The zero-order valence-electron chi connectivity index (χ0n) is 18.5. The maximum Gasteiger partial charge on any atom is 0.418 e. The first-order valence-electron chi connectivity index (χ1n) is 10.7. The van der Waals surface area contributed by atoms with Crippen molar-refractivity contribution in [1.29, 1.82) is 0 Å². The van der Waals surface area contributed by atoms with Gasteiger partial charge in [-0.05, 0) is 54.6 Å². The molecule has 0 aliphatic rings. The van der Waals surface area contributed by atoms with E-state index in [1.807, 2.05) is 13.0 Å². The molecule has 1 aromatic heterocycles. The number of alkyl halides is 3. The van der Waals surface area contributed by atoms with Gasteiger partial charge in [-0.1, -0.05) is 19.1 Å². The van der Waals surface area contributed by atoms with E-state index in [1.165, 1.54) is 18.2 Å². The second-order valence-corrected chi connectivity index (χ2v) is 7.72. The molecule has 0 bridgehead atoms. The van der Waals surface area contributed by atoms with Gasteiger partial charge in [-0.2, -0.15) is 13.2 Å². The summed E-state index contributed by atoms with van der Waals surface area (Å²) in [6.45, 7) is 1.65. The van der Waals surface area contributed by atoms with Gasteiger partial charge in [0.2, 0.25) is 5.91 Å². The molecule has 2 N–H and O–H groups in total. The van der Waals surface area contributed by atoms with Crippen molar-refractivity contribution >= 4 is 34.2 Å². The van der Waals surface area contributed by atoms with Crippen LogP contribution in [0.3, 0.4) is 0 Å². The number of rotatable bonds is 6. The number of para-hydroxylation sites is 2. The summed E-state index contributed by atoms with van der Waals surface area (Å²) in [6.07, 6.45) is -4.26. The molecular weight excluding hydrogens is 464 g/mol. The second-order valence-electron chi connectivity index (χ2n) is 7.72. The Hall–Kier alpha value is -4.21. The van der Waals surface area contributed by atoms with Gasteiger partial charge in [-0.15, -0.1) is 0 Å². The van der Waals surface area contributed by atoms with Gasteiger partial charge in [0.25, 0.3) is 5.91 Å². The van der Waals surface area contributed by atoms with Crippen LogP contribution in [0.15, 0.2) is 66.7 Å². The lowest BCUT2D eigenvalue weighted by Gasteiger charge is -2.16. The first kappa shape index (κ1) is 23.9. The molecule has 2 amide bonds. The quantitative estimate of drug-likeness (QED) is 0.348. The van der Waals surface area contributed by atoms with Crippen LogP contribution in [0, 0.1) is 5.82 Å². The zero-order valence-corrected chi connectivity index (χ0v) is 18.5. The molecule has 1 heterocycles. The largest absolute Gasteiger partial charge is 0.418 e. The molecule has 0 saturated heterocycles. The van der Waals surface area contributed by atoms with Gasteiger partial charge in [-0.3, -0.25) is 9.59 Å². The Bertz CT molecular complexity index is 1400. The molecule has 4 rings (SSSR count). The summed E-state index contributed by atoms with van der Waals surface area (Å²) in [5.41, 5.74) is -0.211. The van der Waals surface area contributed by atoms with Crippen molar-refractivity contribution in [3.63, 3.8) is 0 Å². The summed E-state index contributed by atoms with van der Waals surface area (Å²) in [6, 6.07) is 14.8. The van der Waals surface area contributed by atoms with Gasteiger partial charge in [0.05, 0.1) is 22.3 Å². The third-order valence-electron chi connectivity index (χ3n) is 5.31. The fourth-order valence-corrected chi connectivity index (χ4v) is 3.68. The third kappa shape index (κ3) is 5.32. The monoisotopic (exact) mass is 484 g/mol. The van der Waals surface area contributed by atoms with Crippen LogP contribution in [0.5, 0.6) is 0 Å². The minimum atomic E-state index is -4.80. The average Bonchev–Trinajstić information content (AvgIpc) is 3.17. The van der Waals surface area contributed by atoms with Gasteiger partial charge in [0, 0.05) is 17.7 Å². The number of aryl methyl sites for hydroxylation is 1. The Morgan fingerprint density at radius 2 is 1.69 bits per heavy atom. The Balaban J connectivity index is 1.56. The lowest BCUT2D eigenvalue weighted by molar-refractivity contribution is -0.136. The van der Waals surface area contributed by atoms with Gasteiger partial charge >= 0.3 is 6.18 Å². The van der Waals surface area contributed by atoms with E-state index >= 15 is 0 Å². The highest BCUT2D eigenvalue weighted by Crippen LogP contribution is 2.37. The normalized spacial score (nSPS) is 11.5. The van der Waals surface area contributed by atoms with Crippen molar-refractivity contribution in [2.45, 2.75) is 26.1 Å². The minimum absolute atomic E-state index is 0.0802. The first-order valence-corrected chi connectivity index (χ1v) is 10.7. The van der Waals surface area contributed by atoms with Crippen LogP contribution in [0.2, 0.25) is 0 Å². The van der Waals surface area contributed by atoms with E-state index in [1.54, 1.807) is 22.8 Å². The lowest BCUT2D eigenvalue weighted by atomic mass is 10.1. The molecule has 0 spiro atoms. The number of anilines is 2. The van der Waals surface area contributed by atoms with Crippen LogP contribution < -0.4 is 10.6 Å². The molecule has 0 saturated carbocycles. The lowest BCUT2D eigenvalue weighted by Crippen LogP contribution is -2.22. The van der Waals surface area contributed by atoms with E-state index in [0.717, 1.165) is 24.3 Å². The number of carbonyl (C=O) groups is 2. The summed E-state index contributed by atoms with van der Waals surface area (Å²) in [5.74, 6) is -1.27. The van der Waals surface area contributed by atoms with Gasteiger partial charge < -0.3 is 15.2 Å². The fourth-order valence-electron chi connectivity index (χ4n) is 3.68. The molecule has 0 radical (unpaired) electrons. The Morgan fingerprint density at radius 3 is 2.37 bits per heavy atom. The molecule has 35 heavy (non-hydrogen) atoms. The molecule has 10 heteroatoms. The highest BCUT2D eigenvalue weighted by Gasteiger charge is 2.34. The summed E-state index contributed by atoms with van der Waals surface area (Å²) in [4.78, 5) is 29.5. The molecule has 0 aliphatic carbocycles. The van der Waals surface area contributed by atoms with E-state index in [-0.39, 0.29) is 17.8 Å². The van der Waals surface area contributed by atoms with Crippen molar-refractivity contribution in [2.75, 3.05) is 10.6 Å². The number of nitrogens with zero attached hydrogens (tertiary/aromatic N) is 2. The van der Waals surface area contributed by atoms with Crippen molar-refractivity contribution in [2.24, 2.45) is 0 Å². The maximum absolute atomic E-state index is 13.8. The van der Waals surface area contributed by atoms with Gasteiger partial charge in [0.15, 0.2) is 0 Å². The van der Waals surface area contributed by atoms with E-state index in [4.69, 9.17) is 0 Å². The number of aromatic nitrogens is 2. The zero-order chi connectivity index (χ0) is 25.2. The Kier molecular flexibility index (Phi) is 6.54. The van der Waals surface area contributed by atoms with Crippen LogP contribution in [-0.2, 0) is 23.9 Å². The van der Waals surface area contributed by atoms with Gasteiger partial charge in [0.1, 0.15) is 18.2 Å². The maximum atomic E-state index is 13.8. The highest BCUT2D eigenvalue weighted by molar-refractivity contribution is 6.04. The fraction of sp³-hybridized carbons (Fsp3) is 0.160. The second kappa shape index (κ2) is 9.57. The topological polar surface area (TPSA) is 76.0 Å². The predicted octanol–water partition coefficient (Wildman–Crippen LogP) is 5.65. The third-order valence-corrected chi connectivity index (χ3v) is 5.31. The molecular formula is C25H20F4N4O2. The van der Waals surface area contributed by atoms with Crippen molar-refractivity contribution < 1.29 is 27.2 Å². The van der Waals surface area contributed by atoms with Crippen LogP contribution >= 0.6 is 0 Å². The number of nitrogens with one attached hydrogen (secondary N) is 2. The number of benzene rings is 3. The van der Waals surface area contributed by atoms with Crippen molar-refractivity contribution in [1.82, 2.24) is 9.55 Å². The number of hydrogen-bond acceptors (Lipinski definition) is 3. The van der Waals surface area contributed by atoms with E-state index in [2.05, 4.69) is 15.6 Å². The van der Waals surface area contributed by atoms with Gasteiger partial charge in [-0.25, -0.2) is 9.37 Å². The van der Waals surface area contributed by atoms with Crippen LogP contribution in [0.1, 0.15) is 28.7 Å². The van der Waals surface area contributed by atoms with E-state index in [0.29, 0.717) is 23.3 Å². The minimum Gasteiger partial charge on any atom is -0.324 e. The number of carbonyl (C=O) groups excluding carboxylic acids is 2. The molecule has 6 nitrogen and oxygen atoms in total. The number of fused-ring (bicyclic) bond motifs is 1. The molecule has 0 aliphatic heterocycles. The Morgan fingerprint density at radius 1 is 0.971 bits per heavy atom. The number of halogens is 4. The van der Waals surface area contributed by atoms with Crippen molar-refractivity contribution in [3.8, 4) is 0 Å². The van der Waals surface area contributed by atoms with E-state index < -0.39 is 35.1 Å². The molecule has 4 aromatic rings. The first-order chi connectivity index (χ1) is 16.7. The Labute approximate surface area is 197 Å². The highest BCUT2D eigenvalue weighted by atomic mass is 19.4. The smallest absolute Gasteiger partial charge is 0.324 e. The molecule has 3 aromatic carbocycles. The number of amides is 2. The van der Waals surface area contributed by atoms with Crippen LogP contribution in [0.4, 0.5) is 28.9 Å². The SMILES string of the molecule is CCc1nc2ccccc2n1CC(=O)Nc1ccc(NC(=O)c2ccc(F)cc2)cc1C(F)(F)F. The summed E-state index contributed by atoms with van der Waals surface area (Å²) >= 11 is 0. The molecule has 180 valence electrons. The number of imidazole rings is 1. The summed E-state index contributed by atoms with van der Waals surface area (Å²) in [5, 5.41) is 4.68. The molecule has 0 atom stereocenters. The van der Waals surface area contributed by atoms with Crippen LogP contribution in [0.25, 0.3) is 11.0 Å². The predicted molar refractivity (Wildman–Crippen MR) is 124 cm³/mol. The van der Waals surface area contributed by atoms with Crippen LogP contribution in [-0.4, -0.2) is 21.4 Å².